The lowest BCUT2D eigenvalue weighted by Gasteiger charge is -2.26. The van der Waals surface area contributed by atoms with E-state index in [1.165, 1.54) is 13.3 Å². The van der Waals surface area contributed by atoms with Gasteiger partial charge in [0.1, 0.15) is 11.7 Å². The second kappa shape index (κ2) is 12.8. The lowest BCUT2D eigenvalue weighted by atomic mass is 9.80. The van der Waals surface area contributed by atoms with E-state index in [4.69, 9.17) is 15.2 Å². The Kier molecular flexibility index (Phi) is 9.83. The van der Waals surface area contributed by atoms with Gasteiger partial charge in [-0.25, -0.2) is 15.0 Å². The highest BCUT2D eigenvalue weighted by molar-refractivity contribution is 5.82. The van der Waals surface area contributed by atoms with Crippen LogP contribution in [0.25, 0.3) is 11.2 Å². The van der Waals surface area contributed by atoms with Gasteiger partial charge in [-0.3, -0.25) is 14.2 Å². The van der Waals surface area contributed by atoms with Crippen molar-refractivity contribution in [3.8, 4) is 11.8 Å². The van der Waals surface area contributed by atoms with Gasteiger partial charge < -0.3 is 25.6 Å². The molecule has 0 radical (unpaired) electrons. The van der Waals surface area contributed by atoms with Crippen molar-refractivity contribution in [2.75, 3.05) is 12.3 Å². The van der Waals surface area contributed by atoms with Gasteiger partial charge in [0.05, 0.1) is 24.5 Å². The van der Waals surface area contributed by atoms with Crippen LogP contribution >= 0.6 is 0 Å². The molecule has 3 atom stereocenters. The summed E-state index contributed by atoms with van der Waals surface area (Å²) in [5.41, 5.74) is 6.94. The topological polar surface area (TPSA) is 154 Å². The van der Waals surface area contributed by atoms with E-state index in [0.717, 1.165) is 25.7 Å². The Hall–Kier alpha value is -3.23. The summed E-state index contributed by atoms with van der Waals surface area (Å²) < 4.78 is 12.8. The van der Waals surface area contributed by atoms with Gasteiger partial charge in [0.2, 0.25) is 5.82 Å². The van der Waals surface area contributed by atoms with Crippen LogP contribution in [-0.4, -0.2) is 61.4 Å². The fourth-order valence-corrected chi connectivity index (χ4v) is 4.41. The number of nitrogens with zero attached hydrogens (tertiary/aromatic N) is 4. The van der Waals surface area contributed by atoms with Crippen LogP contribution in [0.15, 0.2) is 6.33 Å². The summed E-state index contributed by atoms with van der Waals surface area (Å²) in [6.45, 7) is 9.17. The maximum absolute atomic E-state index is 12.3. The molecule has 1 amide bonds. The molecule has 4 N–H and O–H groups in total. The molecule has 2 aromatic heterocycles. The first-order chi connectivity index (χ1) is 17.6. The van der Waals surface area contributed by atoms with E-state index < -0.39 is 24.3 Å². The Morgan fingerprint density at radius 1 is 1.22 bits per heavy atom. The van der Waals surface area contributed by atoms with Gasteiger partial charge in [-0.15, -0.1) is 0 Å². The molecule has 1 aliphatic rings. The number of anilines is 1. The van der Waals surface area contributed by atoms with Crippen LogP contribution in [0.1, 0.15) is 78.8 Å². The Balaban J connectivity index is 1.68. The van der Waals surface area contributed by atoms with Crippen molar-refractivity contribution in [3.63, 3.8) is 0 Å². The number of nitrogens with one attached hydrogen (secondary N) is 1. The molecule has 0 spiro atoms. The van der Waals surface area contributed by atoms with Crippen molar-refractivity contribution in [3.05, 3.63) is 12.2 Å². The molecule has 0 aromatic carbocycles. The molecular formula is C26H38N6O5. The zero-order valence-electron chi connectivity index (χ0n) is 22.2. The summed E-state index contributed by atoms with van der Waals surface area (Å²) in [5.74, 6) is 6.51. The average molecular weight is 515 g/mol. The maximum Gasteiger partial charge on any atom is 0.309 e. The first-order valence-corrected chi connectivity index (χ1v) is 12.9. The standard InChI is InChI=1S/C26H38N6O5/c1-6-28-25(34)22(16(4)33)37-17(5)32-14-29-21-23(27)30-20(31-24(21)32)9-7-8-18-10-12-19(13-11-18)26(35)36-15(2)3/h14-19,22,33H,6,8,10-13H2,1-5H3,(H,28,34)(H2,27,30,31)/t16?,17-,18?,19?,22+/m1/s1. The molecule has 1 saturated carbocycles. The minimum absolute atomic E-state index is 0.0249. The molecule has 202 valence electrons. The minimum Gasteiger partial charge on any atom is -0.463 e. The number of fused-ring (bicyclic) bond motifs is 1. The summed E-state index contributed by atoms with van der Waals surface area (Å²) in [7, 11) is 0. The average Bonchev–Trinajstić information content (AvgIpc) is 3.27. The van der Waals surface area contributed by atoms with Gasteiger partial charge in [-0.05, 0) is 72.1 Å². The quantitative estimate of drug-likeness (QED) is 0.338. The normalized spacial score (nSPS) is 20.1. The third-order valence-electron chi connectivity index (χ3n) is 6.35. The van der Waals surface area contributed by atoms with Crippen molar-refractivity contribution >= 4 is 28.9 Å². The van der Waals surface area contributed by atoms with Crippen LogP contribution in [0.2, 0.25) is 0 Å². The maximum atomic E-state index is 12.3. The number of amides is 1. The molecule has 3 rings (SSSR count). The largest absolute Gasteiger partial charge is 0.463 e. The SMILES string of the molecule is CCNC(=O)[C@@H](O[C@H](C)n1cnc2c(N)nc(C#CCC3CCC(C(=O)OC(C)C)CC3)nc21)C(C)O. The molecule has 2 heterocycles. The second-order valence-corrected chi connectivity index (χ2v) is 9.76. The third kappa shape index (κ3) is 7.40. The van der Waals surface area contributed by atoms with Gasteiger partial charge in [-0.2, -0.15) is 0 Å². The lowest BCUT2D eigenvalue weighted by molar-refractivity contribution is -0.153. The third-order valence-corrected chi connectivity index (χ3v) is 6.35. The van der Waals surface area contributed by atoms with E-state index in [9.17, 15) is 14.7 Å². The number of aliphatic hydroxyl groups excluding tert-OH is 1. The lowest BCUT2D eigenvalue weighted by Crippen LogP contribution is -2.43. The number of likely N-dealkylation sites (N-methyl/N-ethyl adjacent to an activating group) is 1. The number of ether oxygens (including phenoxy) is 2. The van der Waals surface area contributed by atoms with Crippen molar-refractivity contribution in [1.29, 1.82) is 0 Å². The number of imidazole rings is 1. The summed E-state index contributed by atoms with van der Waals surface area (Å²) in [5, 5.41) is 12.7. The van der Waals surface area contributed by atoms with Crippen molar-refractivity contribution in [2.24, 2.45) is 11.8 Å². The molecule has 11 nitrogen and oxygen atoms in total. The molecule has 2 aromatic rings. The summed E-state index contributed by atoms with van der Waals surface area (Å²) in [4.78, 5) is 37.5. The number of esters is 1. The summed E-state index contributed by atoms with van der Waals surface area (Å²) >= 11 is 0. The Labute approximate surface area is 217 Å². The van der Waals surface area contributed by atoms with E-state index in [0.29, 0.717) is 30.0 Å². The van der Waals surface area contributed by atoms with Gasteiger partial charge in [0.25, 0.3) is 5.91 Å². The molecule has 0 aliphatic heterocycles. The molecule has 1 unspecified atom stereocenters. The van der Waals surface area contributed by atoms with Crippen LogP contribution in [-0.2, 0) is 19.1 Å². The van der Waals surface area contributed by atoms with Gasteiger partial charge in [0.15, 0.2) is 17.6 Å². The Bertz CT molecular complexity index is 1140. The molecule has 1 fully saturated rings. The number of rotatable bonds is 9. The highest BCUT2D eigenvalue weighted by Crippen LogP contribution is 2.31. The molecule has 37 heavy (non-hydrogen) atoms. The summed E-state index contributed by atoms with van der Waals surface area (Å²) in [6, 6.07) is 0. The second-order valence-electron chi connectivity index (χ2n) is 9.76. The predicted octanol–water partition coefficient (Wildman–Crippen LogP) is 2.33. The number of nitrogen functional groups attached to an aromatic ring is 1. The van der Waals surface area contributed by atoms with E-state index in [1.54, 1.807) is 18.4 Å². The predicted molar refractivity (Wildman–Crippen MR) is 138 cm³/mol. The number of aliphatic hydroxyl groups is 1. The first kappa shape index (κ1) is 28.3. The molecule has 1 aliphatic carbocycles. The first-order valence-electron chi connectivity index (χ1n) is 12.9. The van der Waals surface area contributed by atoms with Gasteiger partial charge in [0, 0.05) is 13.0 Å². The number of hydrogen-bond acceptors (Lipinski definition) is 9. The highest BCUT2D eigenvalue weighted by Gasteiger charge is 2.29. The molecule has 0 bridgehead atoms. The zero-order chi connectivity index (χ0) is 27.1. The molecule has 11 heteroatoms. The molecule has 0 saturated heterocycles. The zero-order valence-corrected chi connectivity index (χ0v) is 22.2. The monoisotopic (exact) mass is 514 g/mol. The van der Waals surface area contributed by atoms with Crippen molar-refractivity contribution in [2.45, 2.75) is 91.3 Å². The van der Waals surface area contributed by atoms with Crippen molar-refractivity contribution < 1.29 is 24.2 Å². The number of aromatic nitrogens is 4. The van der Waals surface area contributed by atoms with Crippen LogP contribution in [0, 0.1) is 23.7 Å². The van der Waals surface area contributed by atoms with E-state index in [1.807, 2.05) is 13.8 Å². The Morgan fingerprint density at radius 2 is 1.92 bits per heavy atom. The van der Waals surface area contributed by atoms with Gasteiger partial charge >= 0.3 is 5.97 Å². The van der Waals surface area contributed by atoms with Crippen LogP contribution in [0.4, 0.5) is 5.82 Å². The number of nitrogens with two attached hydrogens (primary N) is 1. The smallest absolute Gasteiger partial charge is 0.309 e. The number of carbonyl (C=O) groups is 2. The van der Waals surface area contributed by atoms with Gasteiger partial charge in [-0.1, -0.05) is 5.92 Å². The van der Waals surface area contributed by atoms with Crippen LogP contribution in [0.3, 0.4) is 0 Å². The van der Waals surface area contributed by atoms with E-state index in [-0.39, 0.29) is 29.6 Å². The minimum atomic E-state index is -1.06. The summed E-state index contributed by atoms with van der Waals surface area (Å²) in [6.07, 6.45) is 2.83. The molecular weight excluding hydrogens is 476 g/mol. The fourth-order valence-electron chi connectivity index (χ4n) is 4.41. The fraction of sp³-hybridized carbons (Fsp3) is 0.654. The van der Waals surface area contributed by atoms with Crippen LogP contribution < -0.4 is 11.1 Å². The number of hydrogen-bond donors (Lipinski definition) is 3. The van der Waals surface area contributed by atoms with E-state index >= 15 is 0 Å². The van der Waals surface area contributed by atoms with Crippen LogP contribution in [0.5, 0.6) is 0 Å². The van der Waals surface area contributed by atoms with Crippen molar-refractivity contribution in [1.82, 2.24) is 24.8 Å². The number of carbonyl (C=O) groups excluding carboxylic acids is 2. The Morgan fingerprint density at radius 3 is 2.54 bits per heavy atom. The van der Waals surface area contributed by atoms with E-state index in [2.05, 4.69) is 32.1 Å². The highest BCUT2D eigenvalue weighted by atomic mass is 16.5.